The van der Waals surface area contributed by atoms with E-state index in [0.29, 0.717) is 83.9 Å². The van der Waals surface area contributed by atoms with Crippen molar-refractivity contribution in [2.45, 2.75) is 45.8 Å². The third kappa shape index (κ3) is 11.5. The number of aromatic hydroxyl groups is 2. The summed E-state index contributed by atoms with van der Waals surface area (Å²) in [4.78, 5) is 69.9. The number of nitrogens with one attached hydrogen (secondary N) is 1. The minimum atomic E-state index is -4.80. The molecule has 20 nitrogen and oxygen atoms in total. The summed E-state index contributed by atoms with van der Waals surface area (Å²) in [6, 6.07) is 30.1. The molecule has 4 aromatic heterocycles. The van der Waals surface area contributed by atoms with Gasteiger partial charge < -0.3 is 39.7 Å². The molecule has 438 valence electrons. The second-order valence-electron chi connectivity index (χ2n) is 21.3. The first-order valence-electron chi connectivity index (χ1n) is 27.8. The maximum atomic E-state index is 15.1. The Balaban J connectivity index is 0.687. The third-order valence-electron chi connectivity index (χ3n) is 15.6. The second-order valence-corrected chi connectivity index (χ2v) is 21.3. The van der Waals surface area contributed by atoms with Gasteiger partial charge in [0.2, 0.25) is 17.6 Å². The number of benzene rings is 5. The average molecular weight is 1160 g/mol. The van der Waals surface area contributed by atoms with Crippen molar-refractivity contribution in [2.24, 2.45) is 7.05 Å². The predicted octanol–water partition coefficient (Wildman–Crippen LogP) is 8.71. The molecule has 0 spiro atoms. The van der Waals surface area contributed by atoms with Crippen molar-refractivity contribution in [1.29, 1.82) is 0 Å². The average Bonchev–Trinajstić information content (AvgIpc) is 2.05. The Bertz CT molecular complexity index is 4050. The summed E-state index contributed by atoms with van der Waals surface area (Å²) in [5.41, 5.74) is 4.62. The molecule has 2 saturated heterocycles. The molecule has 9 aromatic rings. The molecule has 2 aliphatic rings. The quantitative estimate of drug-likeness (QED) is 0.0928. The van der Waals surface area contributed by atoms with Crippen molar-refractivity contribution in [3.8, 4) is 57.0 Å². The molecule has 85 heavy (non-hydrogen) atoms. The van der Waals surface area contributed by atoms with Gasteiger partial charge in [0.05, 0.1) is 53.1 Å². The number of piperazine rings is 2. The second kappa shape index (κ2) is 23.5. The van der Waals surface area contributed by atoms with Crippen LogP contribution < -0.4 is 25.4 Å². The Morgan fingerprint density at radius 2 is 1.42 bits per heavy atom. The Morgan fingerprint density at radius 3 is 2.09 bits per heavy atom. The Hall–Kier alpha value is -9.77. The molecule has 0 saturated carbocycles. The van der Waals surface area contributed by atoms with Gasteiger partial charge in [-0.3, -0.25) is 33.2 Å². The van der Waals surface area contributed by atoms with Crippen molar-refractivity contribution < 1.29 is 47.2 Å². The van der Waals surface area contributed by atoms with E-state index in [-0.39, 0.29) is 84.7 Å². The van der Waals surface area contributed by atoms with Crippen LogP contribution in [0.5, 0.6) is 23.1 Å². The number of carbonyl (C=O) groups is 3. The summed E-state index contributed by atoms with van der Waals surface area (Å²) >= 11 is 0. The molecule has 5 aromatic carbocycles. The van der Waals surface area contributed by atoms with Gasteiger partial charge in [0.25, 0.3) is 5.91 Å². The number of pyridine rings is 2. The van der Waals surface area contributed by atoms with E-state index in [1.807, 2.05) is 61.2 Å². The van der Waals surface area contributed by atoms with Crippen LogP contribution in [0.15, 0.2) is 126 Å². The normalized spacial score (nSPS) is 14.2. The smallest absolute Gasteiger partial charge is 0.418 e. The van der Waals surface area contributed by atoms with Gasteiger partial charge >= 0.3 is 18.0 Å². The van der Waals surface area contributed by atoms with Crippen molar-refractivity contribution in [1.82, 2.24) is 53.9 Å². The van der Waals surface area contributed by atoms with Crippen molar-refractivity contribution in [2.75, 3.05) is 70.9 Å². The lowest BCUT2D eigenvalue weighted by Crippen LogP contribution is -2.50. The number of methoxy groups -OCH3 is 1. The molecule has 0 bridgehead atoms. The molecular formula is C62H61F3N12O8. The van der Waals surface area contributed by atoms with E-state index in [1.54, 1.807) is 72.1 Å². The highest BCUT2D eigenvalue weighted by Crippen LogP contribution is 2.41. The number of imidazole rings is 1. The lowest BCUT2D eigenvalue weighted by Gasteiger charge is -2.36. The van der Waals surface area contributed by atoms with Gasteiger partial charge in [0.15, 0.2) is 5.82 Å². The number of ether oxygens (including phenoxy) is 2. The number of halogens is 3. The number of phenolic OH excluding ortho intramolecular Hbond substituents is 2. The molecule has 3 N–H and O–H groups in total. The highest BCUT2D eigenvalue weighted by molar-refractivity contribution is 6.04. The zero-order chi connectivity index (χ0) is 59.8. The molecule has 0 atom stereocenters. The Morgan fingerprint density at radius 1 is 0.729 bits per heavy atom. The number of rotatable bonds is 14. The molecule has 0 unspecified atom stereocenters. The van der Waals surface area contributed by atoms with Gasteiger partial charge in [-0.15, -0.1) is 10.2 Å². The van der Waals surface area contributed by atoms with Gasteiger partial charge in [-0.1, -0.05) is 44.2 Å². The van der Waals surface area contributed by atoms with Gasteiger partial charge in [-0.25, -0.2) is 14.6 Å². The Labute approximate surface area is 485 Å². The van der Waals surface area contributed by atoms with Crippen LogP contribution in [-0.2, 0) is 31.0 Å². The van der Waals surface area contributed by atoms with E-state index in [9.17, 15) is 29.4 Å². The van der Waals surface area contributed by atoms with Crippen LogP contribution >= 0.6 is 0 Å². The van der Waals surface area contributed by atoms with Crippen LogP contribution in [0.25, 0.3) is 55.8 Å². The number of alkyl halides is 3. The van der Waals surface area contributed by atoms with Crippen LogP contribution in [0.1, 0.15) is 59.6 Å². The van der Waals surface area contributed by atoms with Crippen molar-refractivity contribution >= 4 is 45.5 Å². The predicted molar refractivity (Wildman–Crippen MR) is 313 cm³/mol. The lowest BCUT2D eigenvalue weighted by molar-refractivity contribution is -0.137. The summed E-state index contributed by atoms with van der Waals surface area (Å²) in [6.45, 7) is 9.26. The first-order chi connectivity index (χ1) is 40.9. The maximum absolute atomic E-state index is 15.1. The van der Waals surface area contributed by atoms with Crippen molar-refractivity contribution in [3.63, 3.8) is 0 Å². The first-order valence-corrected chi connectivity index (χ1v) is 27.8. The SMILES string of the molecule is CCNC(=O)c1nnc(-c2cc(C(C)C)c(O)cc2O)n1-c1ccc(CN2CCN(C(=O)Cc3ccc(OC(=O)N4CCN(c5ccc(-n6c(=O)n(C)c7cnc8ccc(-c9ccc(OC)nc9)cc8c76)cc5C(F)(F)F)CC4)cc3)CC2)cc1. The molecular weight excluding hydrogens is 1100 g/mol. The fraction of sp³-hybridized carbons (Fsp3) is 0.290. The zero-order valence-electron chi connectivity index (χ0n) is 47.3. The molecule has 2 aliphatic heterocycles. The summed E-state index contributed by atoms with van der Waals surface area (Å²) in [6.07, 6.45) is -2.13. The summed E-state index contributed by atoms with van der Waals surface area (Å²) < 4.78 is 60.3. The van der Waals surface area contributed by atoms with Gasteiger partial charge in [0.1, 0.15) is 17.2 Å². The fourth-order valence-electron chi connectivity index (χ4n) is 11.0. The number of anilines is 1. The molecule has 11 rings (SSSR count). The topological polar surface area (TPSA) is 219 Å². The Kier molecular flexibility index (Phi) is 15.8. The van der Waals surface area contributed by atoms with E-state index < -0.39 is 29.4 Å². The highest BCUT2D eigenvalue weighted by Gasteiger charge is 2.37. The number of aromatic nitrogens is 7. The van der Waals surface area contributed by atoms with Gasteiger partial charge in [-0.2, -0.15) is 13.2 Å². The minimum Gasteiger partial charge on any atom is -0.508 e. The zero-order valence-corrected chi connectivity index (χ0v) is 47.3. The molecule has 2 fully saturated rings. The number of aryl methyl sites for hydroxylation is 1. The van der Waals surface area contributed by atoms with Crippen LogP contribution in [0.2, 0.25) is 0 Å². The minimum absolute atomic E-state index is 0.0259. The third-order valence-corrected chi connectivity index (χ3v) is 15.6. The van der Waals surface area contributed by atoms with Gasteiger partial charge in [0, 0.05) is 113 Å². The van der Waals surface area contributed by atoms with E-state index in [0.717, 1.165) is 28.3 Å². The number of fused-ring (bicyclic) bond motifs is 3. The number of hydrogen-bond acceptors (Lipinski definition) is 14. The highest BCUT2D eigenvalue weighted by atomic mass is 19.4. The molecule has 23 heteroatoms. The van der Waals surface area contributed by atoms with Gasteiger partial charge in [-0.05, 0) is 102 Å². The van der Waals surface area contributed by atoms with Crippen LogP contribution in [0.3, 0.4) is 0 Å². The van der Waals surface area contributed by atoms with E-state index in [2.05, 4.69) is 30.4 Å². The summed E-state index contributed by atoms with van der Waals surface area (Å²) in [5, 5.41) is 33.2. The maximum Gasteiger partial charge on any atom is 0.418 e. The van der Waals surface area contributed by atoms with E-state index in [4.69, 9.17) is 9.47 Å². The number of amides is 3. The monoisotopic (exact) mass is 1160 g/mol. The largest absolute Gasteiger partial charge is 0.508 e. The van der Waals surface area contributed by atoms with Crippen LogP contribution in [0, 0.1) is 0 Å². The summed E-state index contributed by atoms with van der Waals surface area (Å²) in [5.74, 6) is 0.173. The first kappa shape index (κ1) is 57.1. The molecule has 3 amide bonds. The number of carbonyl (C=O) groups excluding carboxylic acids is 3. The molecule has 6 heterocycles. The molecule has 0 radical (unpaired) electrons. The van der Waals surface area contributed by atoms with Crippen molar-refractivity contribution in [3.05, 3.63) is 160 Å². The standard InChI is InChI=1S/C62H61F3N12O8/c1-6-66-59(81)58-70-69-57(47-32-45(37(2)3)52(78)33-53(47)79)77(58)42-13-7-39(8-14-42)36-72-21-23-74(24-22-72)55(80)29-38-9-16-44(17-10-38)85-61(83)75-27-25-73(26-28-75)50-19-15-43(31-48(50)62(63,64)65)76-56-46-30-40(41-12-20-54(84-5)68-34-41)11-18-49(46)67-35-51(56)71(4)60(76)82/h7-20,30-35,37,78-79H,6,21-29,36H2,1-5H3,(H,66,81). The van der Waals surface area contributed by atoms with Crippen LogP contribution in [0.4, 0.5) is 23.7 Å². The van der Waals surface area contributed by atoms with E-state index >= 15 is 13.2 Å². The lowest BCUT2D eigenvalue weighted by atomic mass is 9.98. The number of phenols is 2. The summed E-state index contributed by atoms with van der Waals surface area (Å²) in [7, 11) is 3.07. The number of nitrogens with zero attached hydrogens (tertiary/aromatic N) is 11. The van der Waals surface area contributed by atoms with Crippen LogP contribution in [-0.4, -0.2) is 143 Å². The number of hydrogen-bond donors (Lipinski definition) is 3. The molecule has 0 aliphatic carbocycles. The van der Waals surface area contributed by atoms with E-state index in [1.165, 1.54) is 45.5 Å². The fourth-order valence-corrected chi connectivity index (χ4v) is 11.0.